The van der Waals surface area contributed by atoms with Gasteiger partial charge >= 0.3 is 0 Å². The van der Waals surface area contributed by atoms with E-state index in [-0.39, 0.29) is 74.5 Å². The third kappa shape index (κ3) is 23.3. The van der Waals surface area contributed by atoms with Crippen molar-refractivity contribution in [2.45, 2.75) is 229 Å². The average molecular weight is 1290 g/mol. The molecular formula is C69H117N11O12. The largest absolute Gasteiger partial charge is 0.390 e. The number of hydrogen-bond donors (Lipinski definition) is 5. The molecule has 1 aromatic rings. The maximum absolute atomic E-state index is 15.2. The zero-order valence-electron chi connectivity index (χ0n) is 59.9. The molecule has 1 aromatic carbocycles. The van der Waals surface area contributed by atoms with Gasteiger partial charge in [-0.15, -0.1) is 0 Å². The fourth-order valence-electron chi connectivity index (χ4n) is 11.8. The molecule has 1 heterocycles. The van der Waals surface area contributed by atoms with Crippen molar-refractivity contribution in [3.05, 3.63) is 48.0 Å². The van der Waals surface area contributed by atoms with Gasteiger partial charge in [0.05, 0.1) is 12.6 Å². The van der Waals surface area contributed by atoms with Crippen LogP contribution in [-0.4, -0.2) is 227 Å². The fraction of sp³-hybridized carbons (Fsp3) is 0.725. The molecule has 0 bridgehead atoms. The van der Waals surface area contributed by atoms with Gasteiger partial charge in [-0.2, -0.15) is 0 Å². The smallest absolute Gasteiger partial charge is 0.246 e. The van der Waals surface area contributed by atoms with Crippen LogP contribution in [0.4, 0.5) is 0 Å². The van der Waals surface area contributed by atoms with Crippen LogP contribution in [0.25, 0.3) is 0 Å². The summed E-state index contributed by atoms with van der Waals surface area (Å²) in [5, 5.41) is 23.5. The van der Waals surface area contributed by atoms with E-state index in [1.165, 1.54) is 80.8 Å². The first kappa shape index (κ1) is 81.2. The number of carbonyl (C=O) groups excluding carboxylic acids is 11. The second-order valence-electron chi connectivity index (χ2n) is 28.1. The molecule has 11 amide bonds. The first-order valence-corrected chi connectivity index (χ1v) is 33.1. The molecule has 0 unspecified atom stereocenters. The SMILES string of the molecule is C/C=C/C[C@@H](C)[C@@H](O)[C@H]1C(=O)N[C@@H](CC)C(=O)N(C)CC(=O)N(C)[C@@H](Cc2ccccc2)C(=O)N[C@@H](CC(C)C)C(=O)N(C)[C@@H](CC(C)C)C(=O)N[C@@H](CC(C)C)C(=O)N[C@H](C)C(=O)N(C)[C@@H](CC(C)C)C(=O)N(C)[C@@H](CC(C)C)C(=O)N(C)[C@@H](C(C)C)C(=O)N1C. The second kappa shape index (κ2) is 37.7. The van der Waals surface area contributed by atoms with E-state index in [1.807, 2.05) is 75.3 Å². The van der Waals surface area contributed by atoms with E-state index in [9.17, 15) is 43.5 Å². The van der Waals surface area contributed by atoms with E-state index in [2.05, 4.69) is 21.3 Å². The number of aliphatic hydroxyl groups excluding tert-OH is 1. The molecule has 0 aromatic heterocycles. The molecule has 0 aliphatic carbocycles. The van der Waals surface area contributed by atoms with Crippen molar-refractivity contribution in [1.82, 2.24) is 55.6 Å². The highest BCUT2D eigenvalue weighted by Crippen LogP contribution is 2.26. The van der Waals surface area contributed by atoms with Gasteiger partial charge in [-0.25, -0.2) is 0 Å². The van der Waals surface area contributed by atoms with Crippen LogP contribution in [0.3, 0.4) is 0 Å². The zero-order valence-corrected chi connectivity index (χ0v) is 59.9. The summed E-state index contributed by atoms with van der Waals surface area (Å²) < 4.78 is 0. The van der Waals surface area contributed by atoms with Gasteiger partial charge in [-0.05, 0) is 106 Å². The summed E-state index contributed by atoms with van der Waals surface area (Å²) in [6.07, 6.45) is 3.10. The van der Waals surface area contributed by atoms with Gasteiger partial charge < -0.3 is 60.7 Å². The minimum absolute atomic E-state index is 0.00685. The Morgan fingerprint density at radius 3 is 1.39 bits per heavy atom. The summed E-state index contributed by atoms with van der Waals surface area (Å²) >= 11 is 0. The molecule has 0 radical (unpaired) electrons. The summed E-state index contributed by atoms with van der Waals surface area (Å²) in [6, 6.07) is -3.60. The third-order valence-electron chi connectivity index (χ3n) is 17.3. The van der Waals surface area contributed by atoms with Crippen LogP contribution in [0.5, 0.6) is 0 Å². The van der Waals surface area contributed by atoms with Gasteiger partial charge in [-0.1, -0.05) is 139 Å². The van der Waals surface area contributed by atoms with Gasteiger partial charge in [0.25, 0.3) is 0 Å². The van der Waals surface area contributed by atoms with Crippen molar-refractivity contribution in [2.24, 2.45) is 41.4 Å². The quantitative estimate of drug-likeness (QED) is 0.123. The lowest BCUT2D eigenvalue weighted by Crippen LogP contribution is -2.63. The molecule has 0 saturated carbocycles. The Labute approximate surface area is 550 Å². The summed E-state index contributed by atoms with van der Waals surface area (Å²) in [5.74, 6) is -9.42. The fourth-order valence-corrected chi connectivity index (χ4v) is 11.8. The number of aliphatic hydroxyl groups is 1. The highest BCUT2D eigenvalue weighted by atomic mass is 16.3. The third-order valence-corrected chi connectivity index (χ3v) is 17.3. The van der Waals surface area contributed by atoms with Crippen LogP contribution in [0.15, 0.2) is 42.5 Å². The highest BCUT2D eigenvalue weighted by Gasteiger charge is 2.46. The van der Waals surface area contributed by atoms with E-state index in [0.717, 1.165) is 9.80 Å². The Hall–Kier alpha value is -6.91. The minimum atomic E-state index is -1.62. The lowest BCUT2D eigenvalue weighted by Gasteiger charge is -2.41. The Kier molecular flexibility index (Phi) is 33.3. The summed E-state index contributed by atoms with van der Waals surface area (Å²) in [7, 11) is 9.98. The van der Waals surface area contributed by atoms with Gasteiger partial charge in [0.2, 0.25) is 65.0 Å². The summed E-state index contributed by atoms with van der Waals surface area (Å²) in [4.78, 5) is 172. The van der Waals surface area contributed by atoms with Crippen molar-refractivity contribution >= 4 is 65.0 Å². The predicted molar refractivity (Wildman–Crippen MR) is 358 cm³/mol. The van der Waals surface area contributed by atoms with Gasteiger partial charge in [0.1, 0.15) is 60.4 Å². The normalized spacial score (nSPS) is 25.7. The van der Waals surface area contributed by atoms with Crippen molar-refractivity contribution in [3.8, 4) is 0 Å². The molecule has 520 valence electrons. The van der Waals surface area contributed by atoms with Crippen molar-refractivity contribution in [1.29, 1.82) is 0 Å². The number of nitrogens with zero attached hydrogens (tertiary/aromatic N) is 7. The van der Waals surface area contributed by atoms with Crippen molar-refractivity contribution in [3.63, 3.8) is 0 Å². The van der Waals surface area contributed by atoms with Crippen molar-refractivity contribution < 1.29 is 57.8 Å². The topological polar surface area (TPSA) is 279 Å². The van der Waals surface area contributed by atoms with Gasteiger partial charge in [-0.3, -0.25) is 52.7 Å². The van der Waals surface area contributed by atoms with E-state index in [0.29, 0.717) is 12.0 Å². The van der Waals surface area contributed by atoms with Crippen LogP contribution in [0.2, 0.25) is 0 Å². The molecule has 1 aliphatic rings. The van der Waals surface area contributed by atoms with E-state index < -0.39 is 150 Å². The molecule has 1 saturated heterocycles. The number of allylic oxidation sites excluding steroid dienone is 2. The van der Waals surface area contributed by atoms with Crippen LogP contribution in [-0.2, 0) is 59.2 Å². The number of carbonyl (C=O) groups is 11. The number of likely N-dealkylation sites (N-methyl/N-ethyl adjacent to an activating group) is 7. The standard InChI is InChI=1S/C69H117N11O12/c1-24-26-30-46(15)59(82)58-63(86)71-49(25-2)65(88)74(17)39-56(81)75(18)53(38-48-31-28-27-29-32-48)62(85)73-51(34-41(5)6)66(89)76(19)52(35-42(7)8)61(84)72-50(33-40(3)4)60(83)70-47(16)64(87)77(20)54(36-43(9)10)67(90)78(21)55(37-44(11)12)68(91)79(22)57(45(13)14)69(92)80(58)23/h24,26-29,31-32,40-47,49-55,57-59,82H,25,30,33-39H2,1-23H3,(H,70,83)(H,71,86)(H,72,84)(H,73,85)/b26-24+/t46-,47-,49+,50+,51+,52+,53+,54+,55+,57+,58+,59-/m1/s1. The molecule has 23 heteroatoms. The number of rotatable bonds is 18. The Bertz CT molecular complexity index is 2670. The maximum atomic E-state index is 15.2. The first-order valence-electron chi connectivity index (χ1n) is 33.1. The van der Waals surface area contributed by atoms with Gasteiger partial charge in [0, 0.05) is 55.8 Å². The van der Waals surface area contributed by atoms with Gasteiger partial charge in [0.15, 0.2) is 0 Å². The van der Waals surface area contributed by atoms with E-state index >= 15 is 14.4 Å². The molecule has 12 atom stereocenters. The Balaban J connectivity index is 3.08. The molecular weight excluding hydrogens is 1170 g/mol. The zero-order chi connectivity index (χ0) is 70.5. The first-order chi connectivity index (χ1) is 42.7. The lowest BCUT2D eigenvalue weighted by atomic mass is 9.91. The predicted octanol–water partition coefficient (Wildman–Crippen LogP) is 4.88. The summed E-state index contributed by atoms with van der Waals surface area (Å²) in [6.45, 7) is 28.3. The van der Waals surface area contributed by atoms with Crippen LogP contribution >= 0.6 is 0 Å². The molecule has 1 aliphatic heterocycles. The van der Waals surface area contributed by atoms with Crippen molar-refractivity contribution in [2.75, 3.05) is 55.9 Å². The van der Waals surface area contributed by atoms with E-state index in [4.69, 9.17) is 0 Å². The molecule has 92 heavy (non-hydrogen) atoms. The number of benzene rings is 1. The monoisotopic (exact) mass is 1290 g/mol. The van der Waals surface area contributed by atoms with E-state index in [1.54, 1.807) is 71.0 Å². The molecule has 23 nitrogen and oxygen atoms in total. The number of hydrogen-bond acceptors (Lipinski definition) is 12. The lowest BCUT2D eigenvalue weighted by molar-refractivity contribution is -0.157. The Morgan fingerprint density at radius 1 is 0.467 bits per heavy atom. The second-order valence-corrected chi connectivity index (χ2v) is 28.1. The molecule has 0 spiro atoms. The summed E-state index contributed by atoms with van der Waals surface area (Å²) in [5.41, 5.74) is 0.680. The van der Waals surface area contributed by atoms with Crippen LogP contribution in [0, 0.1) is 41.4 Å². The van der Waals surface area contributed by atoms with Crippen LogP contribution in [0.1, 0.15) is 161 Å². The minimum Gasteiger partial charge on any atom is -0.390 e. The molecule has 1 fully saturated rings. The molecule has 2 rings (SSSR count). The highest BCUT2D eigenvalue weighted by molar-refractivity contribution is 5.99. The molecule has 5 N–H and O–H groups in total. The number of amides is 11. The maximum Gasteiger partial charge on any atom is 0.246 e. The van der Waals surface area contributed by atoms with Crippen LogP contribution < -0.4 is 21.3 Å². The average Bonchev–Trinajstić information content (AvgIpc) is 0.930. The number of nitrogens with one attached hydrogen (secondary N) is 4. The Morgan fingerprint density at radius 2 is 0.902 bits per heavy atom.